The molecule has 0 fully saturated rings. The second-order valence-corrected chi connectivity index (χ2v) is 5.15. The van der Waals surface area contributed by atoms with Gasteiger partial charge in [-0.1, -0.05) is 18.2 Å². The Morgan fingerprint density at radius 1 is 1.32 bits per heavy atom. The van der Waals surface area contributed by atoms with E-state index in [1.165, 1.54) is 0 Å². The van der Waals surface area contributed by atoms with Gasteiger partial charge in [0.25, 0.3) is 0 Å². The van der Waals surface area contributed by atoms with Gasteiger partial charge >= 0.3 is 0 Å². The summed E-state index contributed by atoms with van der Waals surface area (Å²) < 4.78 is 1.96. The second-order valence-electron chi connectivity index (χ2n) is 4.17. The number of imidazole rings is 1. The first kappa shape index (κ1) is 11.7. The number of aromatic nitrogens is 2. The van der Waals surface area contributed by atoms with Gasteiger partial charge in [0.1, 0.15) is 6.07 Å². The number of fused-ring (bicyclic) bond motifs is 1. The van der Waals surface area contributed by atoms with Crippen molar-refractivity contribution in [3.8, 4) is 6.07 Å². The van der Waals surface area contributed by atoms with E-state index in [1.54, 1.807) is 11.3 Å². The fraction of sp³-hybridized carbons (Fsp3) is 0.0667. The lowest BCUT2D eigenvalue weighted by Crippen LogP contribution is -1.95. The number of aryl methyl sites for hydroxylation is 1. The van der Waals surface area contributed by atoms with Crippen molar-refractivity contribution in [3.05, 3.63) is 52.5 Å². The number of thiophene rings is 1. The standard InChI is InChI=1S/C15H11N3S/c1-18-14-7-3-2-6-13(14)17-15(18)11(10-16)9-12-5-4-8-19-12/h2-9H,1H3/b11-9+. The van der Waals surface area contributed by atoms with Crippen LogP contribution in [0.4, 0.5) is 0 Å². The molecule has 0 saturated carbocycles. The Bertz CT molecular complexity index is 789. The minimum absolute atomic E-state index is 0.584. The van der Waals surface area contributed by atoms with Gasteiger partial charge in [0, 0.05) is 11.9 Å². The molecule has 0 aliphatic heterocycles. The quantitative estimate of drug-likeness (QED) is 0.663. The summed E-state index contributed by atoms with van der Waals surface area (Å²) in [5, 5.41) is 11.4. The number of hydrogen-bond acceptors (Lipinski definition) is 3. The maximum absolute atomic E-state index is 9.36. The zero-order chi connectivity index (χ0) is 13.2. The van der Waals surface area contributed by atoms with Gasteiger partial charge in [-0.05, 0) is 29.7 Å². The highest BCUT2D eigenvalue weighted by Crippen LogP contribution is 2.23. The Labute approximate surface area is 115 Å². The van der Waals surface area contributed by atoms with E-state index in [1.807, 2.05) is 59.5 Å². The van der Waals surface area contributed by atoms with E-state index in [9.17, 15) is 5.26 Å². The van der Waals surface area contributed by atoms with Crippen molar-refractivity contribution in [2.75, 3.05) is 0 Å². The van der Waals surface area contributed by atoms with E-state index in [2.05, 4.69) is 11.1 Å². The van der Waals surface area contributed by atoms with E-state index in [4.69, 9.17) is 0 Å². The molecule has 3 nitrogen and oxygen atoms in total. The molecular weight excluding hydrogens is 254 g/mol. The summed E-state index contributed by atoms with van der Waals surface area (Å²) in [6.45, 7) is 0. The molecule has 0 atom stereocenters. The molecule has 0 aliphatic rings. The smallest absolute Gasteiger partial charge is 0.151 e. The third kappa shape index (κ3) is 2.05. The monoisotopic (exact) mass is 265 g/mol. The lowest BCUT2D eigenvalue weighted by Gasteiger charge is -1.99. The maximum Gasteiger partial charge on any atom is 0.151 e. The lowest BCUT2D eigenvalue weighted by atomic mass is 10.2. The van der Waals surface area contributed by atoms with Crippen LogP contribution in [0.5, 0.6) is 0 Å². The Balaban J connectivity index is 2.18. The first-order valence-corrected chi connectivity index (χ1v) is 6.74. The minimum atomic E-state index is 0.584. The predicted octanol–water partition coefficient (Wildman–Crippen LogP) is 3.70. The Morgan fingerprint density at radius 2 is 2.16 bits per heavy atom. The van der Waals surface area contributed by atoms with Crippen LogP contribution in [-0.2, 0) is 7.05 Å². The van der Waals surface area contributed by atoms with E-state index in [0.717, 1.165) is 15.9 Å². The van der Waals surface area contributed by atoms with Gasteiger partial charge < -0.3 is 4.57 Å². The van der Waals surface area contributed by atoms with Crippen molar-refractivity contribution < 1.29 is 0 Å². The van der Waals surface area contributed by atoms with Crippen molar-refractivity contribution in [1.29, 1.82) is 5.26 Å². The summed E-state index contributed by atoms with van der Waals surface area (Å²) in [4.78, 5) is 5.60. The van der Waals surface area contributed by atoms with Crippen LogP contribution in [0.3, 0.4) is 0 Å². The number of allylic oxidation sites excluding steroid dienone is 1. The van der Waals surface area contributed by atoms with Gasteiger partial charge in [-0.25, -0.2) is 4.98 Å². The van der Waals surface area contributed by atoms with Crippen LogP contribution in [0.1, 0.15) is 10.7 Å². The lowest BCUT2D eigenvalue weighted by molar-refractivity contribution is 0.925. The molecule has 0 bridgehead atoms. The van der Waals surface area contributed by atoms with Gasteiger partial charge in [-0.15, -0.1) is 11.3 Å². The van der Waals surface area contributed by atoms with Crippen LogP contribution < -0.4 is 0 Å². The molecule has 19 heavy (non-hydrogen) atoms. The van der Waals surface area contributed by atoms with Gasteiger partial charge in [0.05, 0.1) is 16.6 Å². The van der Waals surface area contributed by atoms with Crippen LogP contribution >= 0.6 is 11.3 Å². The van der Waals surface area contributed by atoms with Gasteiger partial charge in [-0.2, -0.15) is 5.26 Å². The maximum atomic E-state index is 9.36. The van der Waals surface area contributed by atoms with Crippen molar-refractivity contribution in [3.63, 3.8) is 0 Å². The molecule has 2 aromatic heterocycles. The average molecular weight is 265 g/mol. The number of rotatable bonds is 2. The van der Waals surface area contributed by atoms with Crippen LogP contribution in [0, 0.1) is 11.3 Å². The normalized spacial score (nSPS) is 11.7. The van der Waals surface area contributed by atoms with Crippen molar-refractivity contribution >= 4 is 34.0 Å². The Kier molecular flexibility index (Phi) is 2.90. The van der Waals surface area contributed by atoms with E-state index in [0.29, 0.717) is 11.4 Å². The highest BCUT2D eigenvalue weighted by atomic mass is 32.1. The molecular formula is C15H11N3S. The van der Waals surface area contributed by atoms with E-state index >= 15 is 0 Å². The molecule has 2 heterocycles. The third-order valence-corrected chi connectivity index (χ3v) is 3.80. The summed E-state index contributed by atoms with van der Waals surface area (Å²) in [6, 6.07) is 14.1. The fourth-order valence-electron chi connectivity index (χ4n) is 2.05. The highest BCUT2D eigenvalue weighted by Gasteiger charge is 2.11. The van der Waals surface area contributed by atoms with Crippen molar-refractivity contribution in [2.24, 2.45) is 7.05 Å². The molecule has 3 aromatic rings. The average Bonchev–Trinajstić information content (AvgIpc) is 3.05. The van der Waals surface area contributed by atoms with Gasteiger partial charge in [0.2, 0.25) is 0 Å². The largest absolute Gasteiger partial charge is 0.327 e. The van der Waals surface area contributed by atoms with Crippen LogP contribution in [0.15, 0.2) is 41.8 Å². The molecule has 0 aliphatic carbocycles. The zero-order valence-corrected chi connectivity index (χ0v) is 11.2. The number of para-hydroxylation sites is 2. The summed E-state index contributed by atoms with van der Waals surface area (Å²) in [6.07, 6.45) is 1.88. The Morgan fingerprint density at radius 3 is 2.84 bits per heavy atom. The molecule has 92 valence electrons. The molecule has 0 spiro atoms. The number of benzene rings is 1. The summed E-state index contributed by atoms with van der Waals surface area (Å²) in [7, 11) is 1.93. The minimum Gasteiger partial charge on any atom is -0.327 e. The van der Waals surface area contributed by atoms with Crippen LogP contribution in [0.2, 0.25) is 0 Å². The van der Waals surface area contributed by atoms with Gasteiger partial charge in [-0.3, -0.25) is 0 Å². The van der Waals surface area contributed by atoms with E-state index in [-0.39, 0.29) is 0 Å². The van der Waals surface area contributed by atoms with Crippen LogP contribution in [-0.4, -0.2) is 9.55 Å². The fourth-order valence-corrected chi connectivity index (χ4v) is 2.71. The Hall–Kier alpha value is -2.38. The topological polar surface area (TPSA) is 41.6 Å². The molecule has 0 unspecified atom stereocenters. The number of nitriles is 1. The number of hydrogen-bond donors (Lipinski definition) is 0. The molecule has 0 N–H and O–H groups in total. The second kappa shape index (κ2) is 4.71. The molecule has 0 saturated heterocycles. The summed E-state index contributed by atoms with van der Waals surface area (Å²) in [5.41, 5.74) is 2.53. The molecule has 0 radical (unpaired) electrons. The highest BCUT2D eigenvalue weighted by molar-refractivity contribution is 7.10. The first-order chi connectivity index (χ1) is 9.29. The molecule has 3 rings (SSSR count). The SMILES string of the molecule is Cn1c(/C(C#N)=C/c2cccs2)nc2ccccc21. The molecule has 4 heteroatoms. The molecule has 0 amide bonds. The first-order valence-electron chi connectivity index (χ1n) is 5.87. The van der Waals surface area contributed by atoms with Gasteiger partial charge in [0.15, 0.2) is 5.82 Å². The van der Waals surface area contributed by atoms with Crippen molar-refractivity contribution in [2.45, 2.75) is 0 Å². The molecule has 1 aromatic carbocycles. The zero-order valence-electron chi connectivity index (χ0n) is 10.4. The number of nitrogens with zero attached hydrogens (tertiary/aromatic N) is 3. The summed E-state index contributed by atoms with van der Waals surface area (Å²) in [5.74, 6) is 0.706. The van der Waals surface area contributed by atoms with E-state index < -0.39 is 0 Å². The van der Waals surface area contributed by atoms with Crippen molar-refractivity contribution in [1.82, 2.24) is 9.55 Å². The summed E-state index contributed by atoms with van der Waals surface area (Å²) >= 11 is 1.61. The third-order valence-electron chi connectivity index (χ3n) is 2.98. The van der Waals surface area contributed by atoms with Crippen LogP contribution in [0.25, 0.3) is 22.7 Å². The predicted molar refractivity (Wildman–Crippen MR) is 78.5 cm³/mol.